The van der Waals surface area contributed by atoms with E-state index in [1.807, 2.05) is 0 Å². The van der Waals surface area contributed by atoms with Crippen molar-refractivity contribution < 1.29 is 4.74 Å². The lowest BCUT2D eigenvalue weighted by Gasteiger charge is -2.26. The maximum atomic E-state index is 5.48. The second-order valence-electron chi connectivity index (χ2n) is 3.09. The Bertz CT molecular complexity index is 111. The Labute approximate surface area is 68.5 Å². The molecule has 2 N–H and O–H groups in total. The van der Waals surface area contributed by atoms with Crippen molar-refractivity contribution in [3.8, 4) is 0 Å². The highest BCUT2D eigenvalue weighted by atomic mass is 16.5. The fourth-order valence-electron chi connectivity index (χ4n) is 1.47. The molecule has 0 saturated carbocycles. The van der Waals surface area contributed by atoms with Crippen molar-refractivity contribution in [2.75, 3.05) is 33.3 Å². The van der Waals surface area contributed by atoms with Gasteiger partial charge >= 0.3 is 0 Å². The van der Waals surface area contributed by atoms with Crippen LogP contribution in [0.25, 0.3) is 0 Å². The molecule has 0 aromatic heterocycles. The fourth-order valence-corrected chi connectivity index (χ4v) is 1.47. The third-order valence-electron chi connectivity index (χ3n) is 2.33. The van der Waals surface area contributed by atoms with Gasteiger partial charge in [-0.3, -0.25) is 0 Å². The molecule has 3 nitrogen and oxygen atoms in total. The molecule has 0 radical (unpaired) electrons. The molecule has 0 aromatic carbocycles. The summed E-state index contributed by atoms with van der Waals surface area (Å²) in [4.78, 5) is 0. The number of likely N-dealkylation sites (N-methyl/N-ethyl adjacent to an activating group) is 1. The largest absolute Gasteiger partial charge is 0.376 e. The van der Waals surface area contributed by atoms with E-state index in [0.717, 1.165) is 32.6 Å². The summed E-state index contributed by atoms with van der Waals surface area (Å²) in [5.74, 6) is 0. The minimum absolute atomic E-state index is 0.0655. The highest BCUT2D eigenvalue weighted by molar-refractivity contribution is 4.91. The normalized spacial score (nSPS) is 31.1. The molecule has 1 saturated heterocycles. The highest BCUT2D eigenvalue weighted by Gasteiger charge is 2.32. The van der Waals surface area contributed by atoms with E-state index in [4.69, 9.17) is 4.74 Å². The Morgan fingerprint density at radius 2 is 2.45 bits per heavy atom. The van der Waals surface area contributed by atoms with E-state index in [2.05, 4.69) is 17.6 Å². The first-order valence-electron chi connectivity index (χ1n) is 4.29. The van der Waals surface area contributed by atoms with Gasteiger partial charge in [0.05, 0.1) is 5.60 Å². The number of hydrogen-bond donors (Lipinski definition) is 2. The molecule has 1 rings (SSSR count). The Balaban J connectivity index is 2.33. The van der Waals surface area contributed by atoms with Crippen LogP contribution in [-0.4, -0.2) is 38.9 Å². The summed E-state index contributed by atoms with van der Waals surface area (Å²) in [6.07, 6.45) is 1.12. The molecule has 11 heavy (non-hydrogen) atoms. The monoisotopic (exact) mass is 158 g/mol. The zero-order valence-electron chi connectivity index (χ0n) is 7.44. The topological polar surface area (TPSA) is 33.3 Å². The van der Waals surface area contributed by atoms with Crippen LogP contribution in [0, 0.1) is 0 Å². The smallest absolute Gasteiger partial charge is 0.0938 e. The van der Waals surface area contributed by atoms with Crippen LogP contribution in [0.4, 0.5) is 0 Å². The van der Waals surface area contributed by atoms with Gasteiger partial charge in [-0.05, 0) is 19.5 Å². The van der Waals surface area contributed by atoms with E-state index in [0.29, 0.717) is 0 Å². The van der Waals surface area contributed by atoms with Gasteiger partial charge in [-0.15, -0.1) is 0 Å². The molecule has 66 valence electrons. The van der Waals surface area contributed by atoms with E-state index in [1.54, 1.807) is 7.11 Å². The summed E-state index contributed by atoms with van der Waals surface area (Å²) >= 11 is 0. The first kappa shape index (κ1) is 8.97. The lowest BCUT2D eigenvalue weighted by molar-refractivity contribution is 0.00856. The molecule has 1 heterocycles. The molecule has 0 aliphatic carbocycles. The molecule has 1 aliphatic rings. The molecule has 3 heteroatoms. The third-order valence-corrected chi connectivity index (χ3v) is 2.33. The average molecular weight is 158 g/mol. The van der Waals surface area contributed by atoms with Crippen molar-refractivity contribution in [3.05, 3.63) is 0 Å². The van der Waals surface area contributed by atoms with Crippen LogP contribution in [0.5, 0.6) is 0 Å². The molecule has 0 amide bonds. The van der Waals surface area contributed by atoms with Crippen molar-refractivity contribution in [1.82, 2.24) is 10.6 Å². The quantitative estimate of drug-likeness (QED) is 0.603. The first-order chi connectivity index (χ1) is 5.33. The van der Waals surface area contributed by atoms with Crippen LogP contribution in [0.3, 0.4) is 0 Å². The second-order valence-corrected chi connectivity index (χ2v) is 3.09. The number of nitrogens with one attached hydrogen (secondary N) is 2. The van der Waals surface area contributed by atoms with E-state index in [1.165, 1.54) is 0 Å². The zero-order valence-corrected chi connectivity index (χ0v) is 7.44. The van der Waals surface area contributed by atoms with Crippen LogP contribution in [0.15, 0.2) is 0 Å². The van der Waals surface area contributed by atoms with Gasteiger partial charge < -0.3 is 15.4 Å². The van der Waals surface area contributed by atoms with Gasteiger partial charge in [0, 0.05) is 20.2 Å². The molecule has 1 unspecified atom stereocenters. The first-order valence-corrected chi connectivity index (χ1v) is 4.29. The van der Waals surface area contributed by atoms with E-state index < -0.39 is 0 Å². The second kappa shape index (κ2) is 4.04. The van der Waals surface area contributed by atoms with Gasteiger partial charge in [0.15, 0.2) is 0 Å². The van der Waals surface area contributed by atoms with Crippen LogP contribution < -0.4 is 10.6 Å². The molecule has 0 spiro atoms. The minimum Gasteiger partial charge on any atom is -0.376 e. The number of rotatable bonds is 4. The van der Waals surface area contributed by atoms with Crippen molar-refractivity contribution in [2.24, 2.45) is 0 Å². The van der Waals surface area contributed by atoms with Crippen molar-refractivity contribution in [1.29, 1.82) is 0 Å². The maximum Gasteiger partial charge on any atom is 0.0938 e. The molecule has 1 atom stereocenters. The molecule has 0 aromatic rings. The lowest BCUT2D eigenvalue weighted by atomic mass is 10.0. The standard InChI is InChI=1S/C8H18N2O/c1-3-9-6-8(11-2)4-5-10-7-8/h9-10H,3-7H2,1-2H3. The number of hydrogen-bond acceptors (Lipinski definition) is 3. The van der Waals surface area contributed by atoms with E-state index in [9.17, 15) is 0 Å². The van der Waals surface area contributed by atoms with Gasteiger partial charge in [0.1, 0.15) is 0 Å². The predicted molar refractivity (Wildman–Crippen MR) is 45.8 cm³/mol. The molecule has 1 fully saturated rings. The van der Waals surface area contributed by atoms with Crippen molar-refractivity contribution in [2.45, 2.75) is 18.9 Å². The van der Waals surface area contributed by atoms with Crippen LogP contribution in [0.2, 0.25) is 0 Å². The molecule has 1 aliphatic heterocycles. The van der Waals surface area contributed by atoms with Crippen LogP contribution in [-0.2, 0) is 4.74 Å². The number of ether oxygens (including phenoxy) is 1. The molecular formula is C8H18N2O. The van der Waals surface area contributed by atoms with Gasteiger partial charge in [0.25, 0.3) is 0 Å². The van der Waals surface area contributed by atoms with E-state index in [-0.39, 0.29) is 5.60 Å². The Morgan fingerprint density at radius 1 is 1.64 bits per heavy atom. The predicted octanol–water partition coefficient (Wildman–Crippen LogP) is -0.0256. The third kappa shape index (κ3) is 2.15. The van der Waals surface area contributed by atoms with Gasteiger partial charge in [-0.1, -0.05) is 6.92 Å². The summed E-state index contributed by atoms with van der Waals surface area (Å²) in [5.41, 5.74) is 0.0655. The van der Waals surface area contributed by atoms with Gasteiger partial charge in [0.2, 0.25) is 0 Å². The summed E-state index contributed by atoms with van der Waals surface area (Å²) in [7, 11) is 1.80. The minimum atomic E-state index is 0.0655. The SMILES string of the molecule is CCNCC1(OC)CCNC1. The average Bonchev–Trinajstić information content (AvgIpc) is 2.50. The Morgan fingerprint density at radius 3 is 2.91 bits per heavy atom. The lowest BCUT2D eigenvalue weighted by Crippen LogP contribution is -2.44. The summed E-state index contributed by atoms with van der Waals surface area (Å²) < 4.78 is 5.48. The van der Waals surface area contributed by atoms with Crippen LogP contribution in [0.1, 0.15) is 13.3 Å². The van der Waals surface area contributed by atoms with Crippen molar-refractivity contribution in [3.63, 3.8) is 0 Å². The Kier molecular flexibility index (Phi) is 3.30. The maximum absolute atomic E-state index is 5.48. The fraction of sp³-hybridized carbons (Fsp3) is 1.00. The molecular weight excluding hydrogens is 140 g/mol. The summed E-state index contributed by atoms with van der Waals surface area (Å²) in [6.45, 7) is 6.17. The number of methoxy groups -OCH3 is 1. The van der Waals surface area contributed by atoms with Gasteiger partial charge in [-0.2, -0.15) is 0 Å². The van der Waals surface area contributed by atoms with Crippen molar-refractivity contribution >= 4 is 0 Å². The van der Waals surface area contributed by atoms with E-state index >= 15 is 0 Å². The molecule has 0 bridgehead atoms. The Hall–Kier alpha value is -0.120. The highest BCUT2D eigenvalue weighted by Crippen LogP contribution is 2.17. The zero-order chi connectivity index (χ0) is 8.16. The summed E-state index contributed by atoms with van der Waals surface area (Å²) in [6, 6.07) is 0. The van der Waals surface area contributed by atoms with Gasteiger partial charge in [-0.25, -0.2) is 0 Å². The summed E-state index contributed by atoms with van der Waals surface area (Å²) in [5, 5.41) is 6.62. The van der Waals surface area contributed by atoms with Crippen LogP contribution >= 0.6 is 0 Å².